The lowest BCUT2D eigenvalue weighted by Gasteiger charge is -2.42. The predicted octanol–water partition coefficient (Wildman–Crippen LogP) is 6.57. The number of allylic oxidation sites excluding steroid dienone is 6. The van der Waals surface area contributed by atoms with Crippen molar-refractivity contribution in [3.63, 3.8) is 0 Å². The van der Waals surface area contributed by atoms with Crippen LogP contribution in [-0.2, 0) is 47.7 Å². The summed E-state index contributed by atoms with van der Waals surface area (Å²) in [5.41, 5.74) is 1.29. The quantitative estimate of drug-likeness (QED) is 0.141. The number of cyclic esters (lactones) is 1. The highest BCUT2D eigenvalue weighted by atomic mass is 16.6. The summed E-state index contributed by atoms with van der Waals surface area (Å²) >= 11 is 0. The number of hydrogen-bond acceptors (Lipinski definition) is 13. The van der Waals surface area contributed by atoms with Crippen molar-refractivity contribution in [1.82, 2.24) is 4.90 Å². The van der Waals surface area contributed by atoms with Crippen LogP contribution in [0.2, 0.25) is 0 Å². The van der Waals surface area contributed by atoms with Gasteiger partial charge in [-0.15, -0.1) is 0 Å². The molecule has 0 spiro atoms. The van der Waals surface area contributed by atoms with E-state index in [9.17, 15) is 39.3 Å². The van der Waals surface area contributed by atoms with Crippen molar-refractivity contribution in [1.29, 1.82) is 0 Å². The average molecular weight is 928 g/mol. The van der Waals surface area contributed by atoms with E-state index in [1.165, 1.54) is 12.0 Å². The maximum absolute atomic E-state index is 14.4. The van der Waals surface area contributed by atoms with Crippen molar-refractivity contribution >= 4 is 29.2 Å². The lowest BCUT2D eigenvalue weighted by molar-refractivity contribution is -0.265. The van der Waals surface area contributed by atoms with Crippen LogP contribution in [0.4, 0.5) is 0 Å². The monoisotopic (exact) mass is 928 g/mol. The first-order valence-electron chi connectivity index (χ1n) is 24.5. The molecule has 0 aromatic rings. The van der Waals surface area contributed by atoms with Crippen molar-refractivity contribution < 1.29 is 63.0 Å². The number of amides is 1. The lowest BCUT2D eigenvalue weighted by atomic mass is 9.78. The molecule has 1 aliphatic carbocycles. The predicted molar refractivity (Wildman–Crippen MR) is 250 cm³/mol. The van der Waals surface area contributed by atoms with Gasteiger partial charge >= 0.3 is 5.97 Å². The van der Waals surface area contributed by atoms with E-state index in [2.05, 4.69) is 0 Å². The lowest BCUT2D eigenvalue weighted by Crippen LogP contribution is -2.61. The zero-order valence-electron chi connectivity index (χ0n) is 41.3. The first-order valence-corrected chi connectivity index (χ1v) is 24.5. The Hall–Kier alpha value is -3.37. The summed E-state index contributed by atoms with van der Waals surface area (Å²) in [7, 11) is 4.53. The fourth-order valence-corrected chi connectivity index (χ4v) is 10.4. The van der Waals surface area contributed by atoms with Gasteiger partial charge in [-0.1, -0.05) is 71.1 Å². The molecular formula is C52H81NO13. The maximum Gasteiger partial charge on any atom is 0.329 e. The van der Waals surface area contributed by atoms with Crippen molar-refractivity contribution in [3.05, 3.63) is 47.6 Å². The fourth-order valence-electron chi connectivity index (χ4n) is 10.4. The van der Waals surface area contributed by atoms with Crippen LogP contribution in [0, 0.1) is 35.5 Å². The Morgan fingerprint density at radius 1 is 0.864 bits per heavy atom. The number of methoxy groups -OCH3 is 3. The number of hydrogen-bond donors (Lipinski definition) is 3. The average Bonchev–Trinajstić information content (AvgIpc) is 3.30. The van der Waals surface area contributed by atoms with Crippen LogP contribution in [0.3, 0.4) is 0 Å². The second-order valence-electron chi connectivity index (χ2n) is 19.8. The van der Waals surface area contributed by atoms with Crippen molar-refractivity contribution in [3.8, 4) is 0 Å². The summed E-state index contributed by atoms with van der Waals surface area (Å²) in [6, 6.07) is -1.14. The molecule has 1 saturated carbocycles. The highest BCUT2D eigenvalue weighted by molar-refractivity contribution is 6.39. The highest BCUT2D eigenvalue weighted by Gasteiger charge is 2.53. The molecule has 0 radical (unpaired) electrons. The first kappa shape index (κ1) is 55.2. The fraction of sp³-hybridized carbons (Fsp3) is 0.750. The third-order valence-electron chi connectivity index (χ3n) is 14.8. The summed E-state index contributed by atoms with van der Waals surface area (Å²) < 4.78 is 29.5. The normalized spacial score (nSPS) is 38.7. The number of aliphatic hydroxyl groups is 3. The van der Waals surface area contributed by atoms with Gasteiger partial charge in [-0.2, -0.15) is 0 Å². The van der Waals surface area contributed by atoms with E-state index in [1.54, 1.807) is 34.1 Å². The van der Waals surface area contributed by atoms with Crippen molar-refractivity contribution in [2.24, 2.45) is 35.5 Å². The van der Waals surface area contributed by atoms with Gasteiger partial charge in [0.15, 0.2) is 5.78 Å². The number of ether oxygens (including phenoxy) is 5. The van der Waals surface area contributed by atoms with Gasteiger partial charge in [0.1, 0.15) is 30.1 Å². The Morgan fingerprint density at radius 2 is 1.59 bits per heavy atom. The van der Waals surface area contributed by atoms with Gasteiger partial charge in [0.25, 0.3) is 11.7 Å². The van der Waals surface area contributed by atoms with Gasteiger partial charge < -0.3 is 43.9 Å². The molecule has 372 valence electrons. The van der Waals surface area contributed by atoms with E-state index in [-0.39, 0.29) is 54.8 Å². The van der Waals surface area contributed by atoms with Crippen LogP contribution >= 0.6 is 0 Å². The topological polar surface area (TPSA) is 195 Å². The number of fused-ring (bicyclic) bond motifs is 3. The Balaban J connectivity index is 1.72. The van der Waals surface area contributed by atoms with Crippen LogP contribution in [-0.4, -0.2) is 132 Å². The van der Waals surface area contributed by atoms with Gasteiger partial charge in [0.05, 0.1) is 24.4 Å². The number of esters is 1. The Bertz CT molecular complexity index is 1770. The number of ketones is 3. The molecule has 0 aromatic heterocycles. The molecular weight excluding hydrogens is 847 g/mol. The summed E-state index contributed by atoms with van der Waals surface area (Å²) in [6.07, 6.45) is 11.6. The van der Waals surface area contributed by atoms with Crippen LogP contribution < -0.4 is 0 Å². The molecule has 14 heteroatoms. The van der Waals surface area contributed by atoms with Crippen LogP contribution in [0.15, 0.2) is 47.6 Å². The maximum atomic E-state index is 14.4. The van der Waals surface area contributed by atoms with E-state index in [4.69, 9.17) is 23.7 Å². The number of aliphatic hydroxyl groups excluding tert-OH is 2. The van der Waals surface area contributed by atoms with E-state index in [0.717, 1.165) is 12.0 Å². The minimum absolute atomic E-state index is 0.0188. The van der Waals surface area contributed by atoms with Crippen LogP contribution in [0.1, 0.15) is 132 Å². The zero-order valence-corrected chi connectivity index (χ0v) is 41.3. The third kappa shape index (κ3) is 14.3. The first-order chi connectivity index (χ1) is 31.3. The molecule has 1 amide bonds. The summed E-state index contributed by atoms with van der Waals surface area (Å²) in [5, 5.41) is 34.0. The number of piperidine rings is 1. The molecule has 4 aliphatic rings. The number of carbonyl (C=O) groups is 5. The standard InChI is InChI=1S/C52H81NO13/c1-11-38-27-35(6)47(57)48(64-10)46(56)34(5)25-31(2)17-13-12-14-18-32(3)43(62-8)29-39-22-20-36(7)52(61,66-39)49(58)50(59)53-24-16-15-19-40(53)51(60)65-44(30-42(38)55)33(4)26-37-21-23-41(54)45(28-37)63-9/h12-14,17-18,27,31,33-34,36-41,43-45,47-48,54,57,61H,11,15-16,19-26,28-30H2,1-10H3/b14-12?,17-13-,32-18?,35-27-/t31-,33?,34-,36-,37?,38-,39-,40+,41-,43+,44-,45-,47-,48+,52-/m1/s1. The molecule has 3 heterocycles. The number of rotatable bonds is 7. The minimum Gasteiger partial charge on any atom is -0.460 e. The minimum atomic E-state index is -2.43. The van der Waals surface area contributed by atoms with E-state index in [0.29, 0.717) is 69.8 Å². The molecule has 14 nitrogen and oxygen atoms in total. The molecule has 2 saturated heterocycles. The summed E-state index contributed by atoms with van der Waals surface area (Å²) in [4.78, 5) is 72.2. The summed E-state index contributed by atoms with van der Waals surface area (Å²) in [5.74, 6) is -7.86. The number of Topliss-reactive ketones (excluding diaryl/α,β-unsaturated/α-hetero) is 3. The van der Waals surface area contributed by atoms with Crippen LogP contribution in [0.25, 0.3) is 0 Å². The molecule has 3 aliphatic heterocycles. The number of carbonyl (C=O) groups excluding carboxylic acids is 5. The highest BCUT2D eigenvalue weighted by Crippen LogP contribution is 2.38. The van der Waals surface area contributed by atoms with Crippen molar-refractivity contribution in [2.75, 3.05) is 27.9 Å². The van der Waals surface area contributed by atoms with Crippen LogP contribution in [0.5, 0.6) is 0 Å². The van der Waals surface area contributed by atoms with Gasteiger partial charge in [0.2, 0.25) is 5.79 Å². The summed E-state index contributed by atoms with van der Waals surface area (Å²) in [6.45, 7) is 12.9. The third-order valence-corrected chi connectivity index (χ3v) is 14.8. The molecule has 66 heavy (non-hydrogen) atoms. The molecule has 2 unspecified atom stereocenters. The Kier molecular flexibility index (Phi) is 21.6. The molecule has 4 rings (SSSR count). The molecule has 3 N–H and O–H groups in total. The van der Waals surface area contributed by atoms with Gasteiger partial charge in [-0.25, -0.2) is 4.79 Å². The SMILES string of the molecule is CC[C@@H]1/C=C(/C)[C@@H](O)[C@@H](OC)C(=O)[C@H](C)C[C@H](C)/C=C\C=CC=C(C)[C@@H](OC)C[C@H]2CC[C@@H](C)[C@@](O)(O2)C(=O)C(=O)N2CCCC[C@H]2C(=O)O[C@@H](C(C)CC2CC[C@@H](O)[C@H](OC)C2)CC1=O. The van der Waals surface area contributed by atoms with E-state index < -0.39 is 83.9 Å². The molecule has 0 aromatic carbocycles. The Labute approximate surface area is 393 Å². The Morgan fingerprint density at radius 3 is 2.26 bits per heavy atom. The van der Waals surface area contributed by atoms with E-state index >= 15 is 0 Å². The second-order valence-corrected chi connectivity index (χ2v) is 19.8. The molecule has 15 atom stereocenters. The van der Waals surface area contributed by atoms with Gasteiger partial charge in [0, 0.05) is 58.5 Å². The van der Waals surface area contributed by atoms with Gasteiger partial charge in [-0.3, -0.25) is 19.2 Å². The number of nitrogens with zero attached hydrogens (tertiary/aromatic N) is 1. The molecule has 3 fully saturated rings. The van der Waals surface area contributed by atoms with Crippen molar-refractivity contribution in [2.45, 2.75) is 186 Å². The smallest absolute Gasteiger partial charge is 0.329 e. The largest absolute Gasteiger partial charge is 0.460 e. The zero-order chi connectivity index (χ0) is 48.9. The van der Waals surface area contributed by atoms with Gasteiger partial charge in [-0.05, 0) is 113 Å². The second kappa shape index (κ2) is 25.8. The van der Waals surface area contributed by atoms with E-state index in [1.807, 2.05) is 65.0 Å². The molecule has 2 bridgehead atoms.